The van der Waals surface area contributed by atoms with Gasteiger partial charge in [-0.15, -0.1) is 16.4 Å². The number of hydrogen-bond donors (Lipinski definition) is 1. The number of hydrogen-bond acceptors (Lipinski definition) is 4. The molecule has 0 aliphatic heterocycles. The Hall–Kier alpha value is -1.18. The lowest BCUT2D eigenvalue weighted by molar-refractivity contribution is 0.621. The number of nitrogens with zero attached hydrogens (tertiary/aromatic N) is 3. The SMILES string of the molecule is Fc1ccsc1CNc1nc(Cl)nn2cc(Br)cc12. The molecule has 1 N–H and O–H groups in total. The summed E-state index contributed by atoms with van der Waals surface area (Å²) in [6.07, 6.45) is 1.78. The first-order valence-electron chi connectivity index (χ1n) is 5.30. The fraction of sp³-hybridized carbons (Fsp3) is 0.0909. The lowest BCUT2D eigenvalue weighted by atomic mass is 10.4. The van der Waals surface area contributed by atoms with Gasteiger partial charge in [0.1, 0.15) is 11.3 Å². The smallest absolute Gasteiger partial charge is 0.243 e. The Morgan fingerprint density at radius 2 is 2.37 bits per heavy atom. The van der Waals surface area contributed by atoms with Crippen molar-refractivity contribution in [1.29, 1.82) is 0 Å². The zero-order valence-corrected chi connectivity index (χ0v) is 12.6. The van der Waals surface area contributed by atoms with Gasteiger partial charge in [-0.25, -0.2) is 8.91 Å². The van der Waals surface area contributed by atoms with Crippen LogP contribution in [0.5, 0.6) is 0 Å². The number of rotatable bonds is 3. The highest BCUT2D eigenvalue weighted by Gasteiger charge is 2.10. The summed E-state index contributed by atoms with van der Waals surface area (Å²) in [4.78, 5) is 4.75. The van der Waals surface area contributed by atoms with Crippen LogP contribution >= 0.6 is 38.9 Å². The fourth-order valence-corrected chi connectivity index (χ4v) is 2.95. The van der Waals surface area contributed by atoms with E-state index in [9.17, 15) is 4.39 Å². The molecule has 3 rings (SSSR count). The van der Waals surface area contributed by atoms with E-state index in [0.29, 0.717) is 17.2 Å². The quantitative estimate of drug-likeness (QED) is 0.768. The molecule has 4 nitrogen and oxygen atoms in total. The predicted octanol–water partition coefficient (Wildman–Crippen LogP) is 3.96. The Morgan fingerprint density at radius 3 is 3.11 bits per heavy atom. The van der Waals surface area contributed by atoms with E-state index in [0.717, 1.165) is 9.99 Å². The highest BCUT2D eigenvalue weighted by molar-refractivity contribution is 9.10. The molecule has 0 saturated carbocycles. The minimum atomic E-state index is -0.217. The number of fused-ring (bicyclic) bond motifs is 1. The van der Waals surface area contributed by atoms with E-state index in [2.05, 4.69) is 31.3 Å². The summed E-state index contributed by atoms with van der Waals surface area (Å²) < 4.78 is 15.8. The van der Waals surface area contributed by atoms with Gasteiger partial charge in [-0.3, -0.25) is 0 Å². The lowest BCUT2D eigenvalue weighted by Crippen LogP contribution is -2.05. The van der Waals surface area contributed by atoms with E-state index < -0.39 is 0 Å². The first-order chi connectivity index (χ1) is 9.13. The summed E-state index contributed by atoms with van der Waals surface area (Å²) >= 11 is 10.6. The maximum atomic E-state index is 13.3. The molecule has 3 aromatic heterocycles. The second-order valence-electron chi connectivity index (χ2n) is 3.76. The summed E-state index contributed by atoms with van der Waals surface area (Å²) in [6, 6.07) is 3.31. The predicted molar refractivity (Wildman–Crippen MR) is 77.3 cm³/mol. The molecule has 3 aromatic rings. The van der Waals surface area contributed by atoms with Crippen LogP contribution in [0.15, 0.2) is 28.2 Å². The van der Waals surface area contributed by atoms with E-state index in [4.69, 9.17) is 11.6 Å². The average molecular weight is 362 g/mol. The van der Waals surface area contributed by atoms with Gasteiger partial charge in [-0.1, -0.05) is 0 Å². The van der Waals surface area contributed by atoms with Crippen LogP contribution in [0.1, 0.15) is 4.88 Å². The Labute approximate surface area is 125 Å². The largest absolute Gasteiger partial charge is 0.363 e. The summed E-state index contributed by atoms with van der Waals surface area (Å²) in [5.74, 6) is 0.351. The number of halogens is 3. The Balaban J connectivity index is 1.94. The Morgan fingerprint density at radius 1 is 1.53 bits per heavy atom. The summed E-state index contributed by atoms with van der Waals surface area (Å²) in [5, 5.41) is 8.97. The molecule has 98 valence electrons. The molecular weight excluding hydrogens is 355 g/mol. The maximum absolute atomic E-state index is 13.3. The van der Waals surface area contributed by atoms with E-state index in [1.54, 1.807) is 16.1 Å². The van der Waals surface area contributed by atoms with Gasteiger partial charge in [-0.05, 0) is 45.0 Å². The van der Waals surface area contributed by atoms with Gasteiger partial charge >= 0.3 is 0 Å². The highest BCUT2D eigenvalue weighted by atomic mass is 79.9. The number of thiophene rings is 1. The van der Waals surface area contributed by atoms with Crippen LogP contribution in [-0.4, -0.2) is 14.6 Å². The van der Waals surface area contributed by atoms with Crippen molar-refractivity contribution in [3.8, 4) is 0 Å². The van der Waals surface area contributed by atoms with Crippen LogP contribution in [0.2, 0.25) is 5.28 Å². The molecule has 19 heavy (non-hydrogen) atoms. The van der Waals surface area contributed by atoms with E-state index >= 15 is 0 Å². The van der Waals surface area contributed by atoms with Crippen molar-refractivity contribution in [3.63, 3.8) is 0 Å². The van der Waals surface area contributed by atoms with Gasteiger partial charge < -0.3 is 5.32 Å². The van der Waals surface area contributed by atoms with Crippen molar-refractivity contribution >= 4 is 50.2 Å². The van der Waals surface area contributed by atoms with Gasteiger partial charge in [0.15, 0.2) is 5.82 Å². The molecular formula is C11H7BrClFN4S. The van der Waals surface area contributed by atoms with Gasteiger partial charge in [0, 0.05) is 10.7 Å². The maximum Gasteiger partial charge on any atom is 0.243 e. The first kappa shape index (κ1) is 12.8. The summed E-state index contributed by atoms with van der Waals surface area (Å²) in [5.41, 5.74) is 0.772. The van der Waals surface area contributed by atoms with Crippen LogP contribution in [0.25, 0.3) is 5.52 Å². The van der Waals surface area contributed by atoms with E-state index in [1.165, 1.54) is 17.4 Å². The second-order valence-corrected chi connectivity index (χ2v) is 6.02. The highest BCUT2D eigenvalue weighted by Crippen LogP contribution is 2.23. The normalized spacial score (nSPS) is 11.1. The zero-order chi connectivity index (χ0) is 13.4. The molecule has 0 amide bonds. The molecule has 8 heteroatoms. The molecule has 0 aromatic carbocycles. The van der Waals surface area contributed by atoms with Gasteiger partial charge in [0.2, 0.25) is 5.28 Å². The molecule has 0 radical (unpaired) electrons. The van der Waals surface area contributed by atoms with Crippen molar-refractivity contribution in [1.82, 2.24) is 14.6 Å². The summed E-state index contributed by atoms with van der Waals surface area (Å²) in [6.45, 7) is 0.356. The molecule has 0 atom stereocenters. The number of nitrogens with one attached hydrogen (secondary N) is 1. The third-order valence-electron chi connectivity index (χ3n) is 2.51. The molecule has 0 aliphatic carbocycles. The molecule has 0 spiro atoms. The topological polar surface area (TPSA) is 42.2 Å². The number of aromatic nitrogens is 3. The van der Waals surface area contributed by atoms with Crippen molar-refractivity contribution in [2.75, 3.05) is 5.32 Å². The van der Waals surface area contributed by atoms with Crippen LogP contribution in [0.3, 0.4) is 0 Å². The third-order valence-corrected chi connectivity index (χ3v) is 4.00. The second kappa shape index (κ2) is 5.07. The molecule has 0 fully saturated rings. The number of anilines is 1. The van der Waals surface area contributed by atoms with Crippen LogP contribution < -0.4 is 5.32 Å². The molecule has 0 bridgehead atoms. The minimum absolute atomic E-state index is 0.129. The Kier molecular flexibility index (Phi) is 3.42. The molecule has 0 unspecified atom stereocenters. The molecule has 0 saturated heterocycles. The first-order valence-corrected chi connectivity index (χ1v) is 7.36. The van der Waals surface area contributed by atoms with E-state index in [-0.39, 0.29) is 11.1 Å². The van der Waals surface area contributed by atoms with Crippen LogP contribution in [0.4, 0.5) is 10.2 Å². The fourth-order valence-electron chi connectivity index (χ4n) is 1.69. The van der Waals surface area contributed by atoms with Crippen LogP contribution in [0, 0.1) is 5.82 Å². The zero-order valence-electron chi connectivity index (χ0n) is 9.40. The molecule has 0 aliphatic rings. The van der Waals surface area contributed by atoms with Gasteiger partial charge in [-0.2, -0.15) is 4.98 Å². The lowest BCUT2D eigenvalue weighted by Gasteiger charge is -2.06. The van der Waals surface area contributed by atoms with Crippen molar-refractivity contribution in [3.05, 3.63) is 44.2 Å². The van der Waals surface area contributed by atoms with Crippen molar-refractivity contribution in [2.24, 2.45) is 0 Å². The minimum Gasteiger partial charge on any atom is -0.363 e. The summed E-state index contributed by atoms with van der Waals surface area (Å²) in [7, 11) is 0. The van der Waals surface area contributed by atoms with E-state index in [1.807, 2.05) is 6.07 Å². The molecule has 3 heterocycles. The third kappa shape index (κ3) is 2.58. The standard InChI is InChI=1S/C11H7BrClFN4S/c12-6-3-8-10(16-11(13)17-18(8)5-6)15-4-9-7(14)1-2-19-9/h1-3,5H,4H2,(H,15,16,17). The van der Waals surface area contributed by atoms with Gasteiger partial charge in [0.25, 0.3) is 0 Å². The van der Waals surface area contributed by atoms with Crippen molar-refractivity contribution < 1.29 is 4.39 Å². The van der Waals surface area contributed by atoms with Crippen LogP contribution in [-0.2, 0) is 6.54 Å². The van der Waals surface area contributed by atoms with Crippen molar-refractivity contribution in [2.45, 2.75) is 6.54 Å². The Bertz CT molecular complexity index is 741. The van der Waals surface area contributed by atoms with Gasteiger partial charge in [0.05, 0.1) is 11.4 Å². The monoisotopic (exact) mass is 360 g/mol. The average Bonchev–Trinajstić information content (AvgIpc) is 2.91.